The van der Waals surface area contributed by atoms with Crippen LogP contribution in [0.25, 0.3) is 11.2 Å². The lowest BCUT2D eigenvalue weighted by molar-refractivity contribution is -0.116. The summed E-state index contributed by atoms with van der Waals surface area (Å²) in [5.74, 6) is -1.10. The maximum absolute atomic E-state index is 12.3. The van der Waals surface area contributed by atoms with Crippen molar-refractivity contribution >= 4 is 39.3 Å². The van der Waals surface area contributed by atoms with Gasteiger partial charge >= 0.3 is 5.69 Å². The molecule has 0 aliphatic rings. The molecule has 0 radical (unpaired) electrons. The Morgan fingerprint density at radius 1 is 1.28 bits per heavy atom. The second-order valence-electron chi connectivity index (χ2n) is 5.33. The molecule has 0 aliphatic carbocycles. The van der Waals surface area contributed by atoms with E-state index in [1.807, 2.05) is 0 Å². The highest BCUT2D eigenvalue weighted by molar-refractivity contribution is 7.14. The molecule has 11 heteroatoms. The molecular formula is C14H14N6O4S. The minimum Gasteiger partial charge on any atom is -0.366 e. The van der Waals surface area contributed by atoms with Gasteiger partial charge in [-0.25, -0.2) is 9.78 Å². The number of nitrogens with two attached hydrogens (primary N) is 1. The van der Waals surface area contributed by atoms with Gasteiger partial charge in [0, 0.05) is 14.1 Å². The third-order valence-electron chi connectivity index (χ3n) is 3.71. The summed E-state index contributed by atoms with van der Waals surface area (Å²) < 4.78 is 3.53. The Kier molecular flexibility index (Phi) is 4.00. The molecule has 0 fully saturated rings. The van der Waals surface area contributed by atoms with Crippen molar-refractivity contribution in [1.29, 1.82) is 0 Å². The zero-order valence-electron chi connectivity index (χ0n) is 13.3. The number of imidazole rings is 1. The lowest BCUT2D eigenvalue weighted by Gasteiger charge is -2.07. The lowest BCUT2D eigenvalue weighted by Crippen LogP contribution is -2.37. The van der Waals surface area contributed by atoms with Gasteiger partial charge in [0.1, 0.15) is 11.5 Å². The van der Waals surface area contributed by atoms with Crippen molar-refractivity contribution < 1.29 is 9.59 Å². The Morgan fingerprint density at radius 3 is 2.68 bits per heavy atom. The van der Waals surface area contributed by atoms with Crippen molar-refractivity contribution in [3.8, 4) is 0 Å². The van der Waals surface area contributed by atoms with Gasteiger partial charge in [0.2, 0.25) is 5.91 Å². The number of primary amides is 1. The summed E-state index contributed by atoms with van der Waals surface area (Å²) in [5.41, 5.74) is 4.73. The molecule has 3 rings (SSSR count). The van der Waals surface area contributed by atoms with Crippen molar-refractivity contribution in [2.45, 2.75) is 6.54 Å². The molecule has 3 aromatic rings. The zero-order chi connectivity index (χ0) is 18.3. The van der Waals surface area contributed by atoms with E-state index >= 15 is 0 Å². The lowest BCUT2D eigenvalue weighted by atomic mass is 10.3. The van der Waals surface area contributed by atoms with Crippen LogP contribution in [0.15, 0.2) is 27.4 Å². The monoisotopic (exact) mass is 362 g/mol. The van der Waals surface area contributed by atoms with Crippen LogP contribution in [0.4, 0.5) is 5.00 Å². The van der Waals surface area contributed by atoms with Crippen LogP contribution in [0.5, 0.6) is 0 Å². The maximum Gasteiger partial charge on any atom is 0.332 e. The topological polar surface area (TPSA) is 134 Å². The second-order valence-corrected chi connectivity index (χ2v) is 6.24. The van der Waals surface area contributed by atoms with E-state index in [9.17, 15) is 19.2 Å². The van der Waals surface area contributed by atoms with Crippen LogP contribution >= 0.6 is 11.3 Å². The van der Waals surface area contributed by atoms with E-state index in [2.05, 4.69) is 10.3 Å². The predicted molar refractivity (Wildman–Crippen MR) is 91.7 cm³/mol. The molecule has 0 saturated carbocycles. The molecule has 0 aliphatic heterocycles. The molecule has 0 unspecified atom stereocenters. The predicted octanol–water partition coefficient (Wildman–Crippen LogP) is -0.767. The van der Waals surface area contributed by atoms with Crippen LogP contribution in [0.2, 0.25) is 0 Å². The Bertz CT molecular complexity index is 1120. The summed E-state index contributed by atoms with van der Waals surface area (Å²) in [4.78, 5) is 51.8. The number of anilines is 1. The van der Waals surface area contributed by atoms with Crippen molar-refractivity contribution in [2.75, 3.05) is 5.32 Å². The van der Waals surface area contributed by atoms with Gasteiger partial charge in [0.25, 0.3) is 11.5 Å². The highest BCUT2D eigenvalue weighted by Gasteiger charge is 2.17. The fourth-order valence-corrected chi connectivity index (χ4v) is 3.25. The smallest absolute Gasteiger partial charge is 0.332 e. The van der Waals surface area contributed by atoms with Crippen molar-refractivity contribution in [1.82, 2.24) is 18.7 Å². The molecule has 25 heavy (non-hydrogen) atoms. The maximum atomic E-state index is 12.3. The number of aryl methyl sites for hydroxylation is 1. The van der Waals surface area contributed by atoms with E-state index in [0.29, 0.717) is 5.00 Å². The van der Waals surface area contributed by atoms with Gasteiger partial charge in [-0.2, -0.15) is 0 Å². The molecule has 130 valence electrons. The van der Waals surface area contributed by atoms with Gasteiger partial charge in [-0.1, -0.05) is 0 Å². The Balaban J connectivity index is 1.95. The SMILES string of the molecule is Cn1c(=O)c2c(ncn2CC(=O)Nc2sccc2C(N)=O)n(C)c1=O. The molecule has 2 amide bonds. The third kappa shape index (κ3) is 2.74. The number of hydrogen-bond donors (Lipinski definition) is 2. The van der Waals surface area contributed by atoms with Crippen LogP contribution in [-0.4, -0.2) is 30.5 Å². The number of carbonyl (C=O) groups is 2. The highest BCUT2D eigenvalue weighted by Crippen LogP contribution is 2.22. The van der Waals surface area contributed by atoms with Crippen molar-refractivity contribution in [3.05, 3.63) is 44.2 Å². The van der Waals surface area contributed by atoms with Gasteiger partial charge in [-0.3, -0.25) is 23.5 Å². The van der Waals surface area contributed by atoms with E-state index in [4.69, 9.17) is 5.73 Å². The quantitative estimate of drug-likeness (QED) is 0.629. The van der Waals surface area contributed by atoms with Gasteiger partial charge in [0.05, 0.1) is 11.9 Å². The van der Waals surface area contributed by atoms with Crippen LogP contribution in [0.1, 0.15) is 10.4 Å². The summed E-state index contributed by atoms with van der Waals surface area (Å²) in [6.07, 6.45) is 1.31. The van der Waals surface area contributed by atoms with E-state index in [1.54, 1.807) is 5.38 Å². The number of carbonyl (C=O) groups excluding carboxylic acids is 2. The molecule has 0 bridgehead atoms. The minimum absolute atomic E-state index is 0.140. The van der Waals surface area contributed by atoms with E-state index in [1.165, 1.54) is 35.6 Å². The number of amides is 2. The molecule has 0 aromatic carbocycles. The number of nitrogens with one attached hydrogen (secondary N) is 1. The zero-order valence-corrected chi connectivity index (χ0v) is 14.2. The fourth-order valence-electron chi connectivity index (χ4n) is 2.44. The van der Waals surface area contributed by atoms with Gasteiger partial charge in [-0.15, -0.1) is 11.3 Å². The minimum atomic E-state index is -0.645. The van der Waals surface area contributed by atoms with Crippen LogP contribution in [0, 0.1) is 0 Å². The summed E-state index contributed by atoms with van der Waals surface area (Å²) in [6.45, 7) is -0.208. The fraction of sp³-hybridized carbons (Fsp3) is 0.214. The van der Waals surface area contributed by atoms with E-state index in [0.717, 1.165) is 15.9 Å². The Hall–Kier alpha value is -3.21. The van der Waals surface area contributed by atoms with Crippen molar-refractivity contribution in [2.24, 2.45) is 19.8 Å². The first-order chi connectivity index (χ1) is 11.8. The molecule has 0 atom stereocenters. The molecule has 3 heterocycles. The van der Waals surface area contributed by atoms with E-state index < -0.39 is 23.1 Å². The summed E-state index contributed by atoms with van der Waals surface area (Å²) in [7, 11) is 2.85. The first-order valence-corrected chi connectivity index (χ1v) is 7.97. The molecule has 10 nitrogen and oxygen atoms in total. The first-order valence-electron chi connectivity index (χ1n) is 7.09. The van der Waals surface area contributed by atoms with Gasteiger partial charge in [0.15, 0.2) is 11.2 Å². The Morgan fingerprint density at radius 2 is 2.00 bits per heavy atom. The number of rotatable bonds is 4. The van der Waals surface area contributed by atoms with E-state index in [-0.39, 0.29) is 23.3 Å². The standard InChI is InChI=1S/C14H14N6O4S/c1-18-11-9(13(23)19(2)14(18)24)20(6-16-11)5-8(21)17-12-7(10(15)22)3-4-25-12/h3-4,6H,5H2,1-2H3,(H2,15,22)(H,17,21). The number of aromatic nitrogens is 4. The highest BCUT2D eigenvalue weighted by atomic mass is 32.1. The number of fused-ring (bicyclic) bond motifs is 1. The van der Waals surface area contributed by atoms with Gasteiger partial charge in [-0.05, 0) is 11.4 Å². The molecule has 0 spiro atoms. The second kappa shape index (κ2) is 6.02. The van der Waals surface area contributed by atoms with Crippen LogP contribution < -0.4 is 22.3 Å². The molecule has 3 aromatic heterocycles. The third-order valence-corrected chi connectivity index (χ3v) is 4.54. The number of nitrogens with zero attached hydrogens (tertiary/aromatic N) is 4. The number of thiophene rings is 1. The summed E-state index contributed by atoms with van der Waals surface area (Å²) in [6, 6.07) is 1.51. The van der Waals surface area contributed by atoms with Crippen molar-refractivity contribution in [3.63, 3.8) is 0 Å². The summed E-state index contributed by atoms with van der Waals surface area (Å²) >= 11 is 1.16. The summed E-state index contributed by atoms with van der Waals surface area (Å²) in [5, 5.41) is 4.56. The number of hydrogen-bond acceptors (Lipinski definition) is 6. The molecular weight excluding hydrogens is 348 g/mol. The normalized spacial score (nSPS) is 11.0. The van der Waals surface area contributed by atoms with Gasteiger partial charge < -0.3 is 15.6 Å². The van der Waals surface area contributed by atoms with Crippen LogP contribution in [0.3, 0.4) is 0 Å². The Labute approximate surface area is 144 Å². The largest absolute Gasteiger partial charge is 0.366 e. The molecule has 0 saturated heterocycles. The average molecular weight is 362 g/mol. The molecule has 3 N–H and O–H groups in total. The average Bonchev–Trinajstić information content (AvgIpc) is 3.18. The van der Waals surface area contributed by atoms with Crippen LogP contribution in [-0.2, 0) is 25.4 Å². The first kappa shape index (κ1) is 16.6.